The highest BCUT2D eigenvalue weighted by Crippen LogP contribution is 2.28. The van der Waals surface area contributed by atoms with Crippen molar-refractivity contribution in [3.8, 4) is 5.75 Å². The Morgan fingerprint density at radius 1 is 1.11 bits per heavy atom. The standard InChI is InChI=1S/C21H28N4O2/c1-3-4-11-22-21(26)17-9-10-20(23-16-17)25-14-12-24(13-15-25)18-7-5-6-8-19(18)27-2/h5-10,16H,3-4,11-15H2,1-2H3,(H,22,26). The van der Waals surface area contributed by atoms with Gasteiger partial charge in [-0.1, -0.05) is 25.5 Å². The third-order valence-corrected chi connectivity index (χ3v) is 4.86. The number of carbonyl (C=O) groups is 1. The molecular formula is C21H28N4O2. The fourth-order valence-corrected chi connectivity index (χ4v) is 3.26. The molecule has 2 heterocycles. The van der Waals surface area contributed by atoms with Crippen molar-refractivity contribution in [2.45, 2.75) is 19.8 Å². The minimum Gasteiger partial charge on any atom is -0.495 e. The lowest BCUT2D eigenvalue weighted by molar-refractivity contribution is 0.0953. The molecule has 2 aromatic rings. The summed E-state index contributed by atoms with van der Waals surface area (Å²) in [5.74, 6) is 1.77. The number of ether oxygens (including phenoxy) is 1. The second-order valence-corrected chi connectivity index (χ2v) is 6.66. The first kappa shape index (κ1) is 19.0. The summed E-state index contributed by atoms with van der Waals surface area (Å²) in [5, 5.41) is 2.92. The van der Waals surface area contributed by atoms with E-state index in [1.165, 1.54) is 0 Å². The highest BCUT2D eigenvalue weighted by Gasteiger charge is 2.20. The van der Waals surface area contributed by atoms with E-state index in [1.807, 2.05) is 30.3 Å². The van der Waals surface area contributed by atoms with E-state index < -0.39 is 0 Å². The van der Waals surface area contributed by atoms with Gasteiger partial charge in [0.25, 0.3) is 5.91 Å². The molecule has 0 aliphatic carbocycles. The SMILES string of the molecule is CCCCNC(=O)c1ccc(N2CCN(c3ccccc3OC)CC2)nc1. The van der Waals surface area contributed by atoms with Gasteiger partial charge in [0.05, 0.1) is 18.4 Å². The van der Waals surface area contributed by atoms with Crippen LogP contribution in [0.25, 0.3) is 0 Å². The zero-order chi connectivity index (χ0) is 19.1. The van der Waals surface area contributed by atoms with Crippen molar-refractivity contribution in [2.24, 2.45) is 0 Å². The molecule has 1 fully saturated rings. The lowest BCUT2D eigenvalue weighted by Gasteiger charge is -2.37. The number of pyridine rings is 1. The van der Waals surface area contributed by atoms with Crippen molar-refractivity contribution < 1.29 is 9.53 Å². The van der Waals surface area contributed by atoms with Crippen LogP contribution in [0.2, 0.25) is 0 Å². The van der Waals surface area contributed by atoms with Crippen LogP contribution in [0.5, 0.6) is 5.75 Å². The third kappa shape index (κ3) is 4.70. The van der Waals surface area contributed by atoms with Crippen molar-refractivity contribution in [3.63, 3.8) is 0 Å². The first-order valence-corrected chi connectivity index (χ1v) is 9.60. The van der Waals surface area contributed by atoms with E-state index in [0.717, 1.165) is 56.3 Å². The van der Waals surface area contributed by atoms with Crippen LogP contribution in [0, 0.1) is 0 Å². The molecule has 6 heteroatoms. The number of carbonyl (C=O) groups excluding carboxylic acids is 1. The van der Waals surface area contributed by atoms with Crippen molar-refractivity contribution in [1.82, 2.24) is 10.3 Å². The summed E-state index contributed by atoms with van der Waals surface area (Å²) in [6.07, 6.45) is 3.73. The highest BCUT2D eigenvalue weighted by atomic mass is 16.5. The fraction of sp³-hybridized carbons (Fsp3) is 0.429. The van der Waals surface area contributed by atoms with Crippen molar-refractivity contribution in [1.29, 1.82) is 0 Å². The Kier molecular flexibility index (Phi) is 6.52. The molecule has 6 nitrogen and oxygen atoms in total. The Hall–Kier alpha value is -2.76. The van der Waals surface area contributed by atoms with Gasteiger partial charge in [0.2, 0.25) is 0 Å². The van der Waals surface area contributed by atoms with Crippen LogP contribution in [-0.4, -0.2) is 50.7 Å². The summed E-state index contributed by atoms with van der Waals surface area (Å²) >= 11 is 0. The summed E-state index contributed by atoms with van der Waals surface area (Å²) in [5.41, 5.74) is 1.74. The Balaban J connectivity index is 1.57. The number of anilines is 2. The maximum Gasteiger partial charge on any atom is 0.252 e. The van der Waals surface area contributed by atoms with Crippen LogP contribution in [0.15, 0.2) is 42.6 Å². The minimum atomic E-state index is -0.0523. The molecule has 1 aliphatic rings. The first-order valence-electron chi connectivity index (χ1n) is 9.60. The molecule has 0 unspecified atom stereocenters. The summed E-state index contributed by atoms with van der Waals surface area (Å²) in [7, 11) is 1.71. The molecule has 0 saturated carbocycles. The molecule has 0 bridgehead atoms. The predicted molar refractivity (Wildman–Crippen MR) is 109 cm³/mol. The minimum absolute atomic E-state index is 0.0523. The van der Waals surface area contributed by atoms with E-state index in [9.17, 15) is 4.79 Å². The molecule has 0 spiro atoms. The largest absolute Gasteiger partial charge is 0.495 e. The number of methoxy groups -OCH3 is 1. The summed E-state index contributed by atoms with van der Waals surface area (Å²) in [6, 6.07) is 11.9. The zero-order valence-corrected chi connectivity index (χ0v) is 16.1. The van der Waals surface area contributed by atoms with Crippen LogP contribution < -0.4 is 19.9 Å². The molecule has 0 atom stereocenters. The average molecular weight is 368 g/mol. The Labute approximate surface area is 161 Å². The van der Waals surface area contributed by atoms with Crippen molar-refractivity contribution >= 4 is 17.4 Å². The quantitative estimate of drug-likeness (QED) is 0.762. The van der Waals surface area contributed by atoms with E-state index in [1.54, 1.807) is 13.3 Å². The number of hydrogen-bond acceptors (Lipinski definition) is 5. The molecule has 3 rings (SSSR count). The van der Waals surface area contributed by atoms with E-state index in [2.05, 4.69) is 33.1 Å². The number of nitrogens with one attached hydrogen (secondary N) is 1. The summed E-state index contributed by atoms with van der Waals surface area (Å²) in [4.78, 5) is 21.2. The van der Waals surface area contributed by atoms with Gasteiger partial charge in [0.1, 0.15) is 11.6 Å². The maximum absolute atomic E-state index is 12.1. The predicted octanol–water partition coefficient (Wildman–Crippen LogP) is 2.95. The van der Waals surface area contributed by atoms with Crippen LogP contribution in [0.4, 0.5) is 11.5 Å². The number of piperazine rings is 1. The van der Waals surface area contributed by atoms with Crippen LogP contribution in [0.3, 0.4) is 0 Å². The number of amides is 1. The third-order valence-electron chi connectivity index (χ3n) is 4.86. The molecule has 1 aromatic carbocycles. The number of benzene rings is 1. The normalized spacial score (nSPS) is 14.1. The second kappa shape index (κ2) is 9.26. The summed E-state index contributed by atoms with van der Waals surface area (Å²) in [6.45, 7) is 6.39. The molecule has 144 valence electrons. The Morgan fingerprint density at radius 3 is 2.52 bits per heavy atom. The summed E-state index contributed by atoms with van der Waals surface area (Å²) < 4.78 is 5.48. The maximum atomic E-state index is 12.1. The molecule has 0 radical (unpaired) electrons. The second-order valence-electron chi connectivity index (χ2n) is 6.66. The number of nitrogens with zero attached hydrogens (tertiary/aromatic N) is 3. The molecule has 1 N–H and O–H groups in total. The topological polar surface area (TPSA) is 57.7 Å². The zero-order valence-electron chi connectivity index (χ0n) is 16.1. The van der Waals surface area contributed by atoms with Gasteiger partial charge in [-0.15, -0.1) is 0 Å². The highest BCUT2D eigenvalue weighted by molar-refractivity contribution is 5.94. The van der Waals surface area contributed by atoms with E-state index in [4.69, 9.17) is 4.74 Å². The molecule has 1 aromatic heterocycles. The van der Waals surface area contributed by atoms with Crippen LogP contribution in [-0.2, 0) is 0 Å². The number of rotatable bonds is 7. The molecule has 1 saturated heterocycles. The number of aromatic nitrogens is 1. The molecule has 1 amide bonds. The van der Waals surface area contributed by atoms with E-state index in [0.29, 0.717) is 12.1 Å². The van der Waals surface area contributed by atoms with Gasteiger partial charge in [-0.05, 0) is 30.7 Å². The van der Waals surface area contributed by atoms with Crippen molar-refractivity contribution in [2.75, 3.05) is 49.6 Å². The van der Waals surface area contributed by atoms with Crippen molar-refractivity contribution in [3.05, 3.63) is 48.2 Å². The van der Waals surface area contributed by atoms with Gasteiger partial charge in [0, 0.05) is 38.9 Å². The lowest BCUT2D eigenvalue weighted by Crippen LogP contribution is -2.47. The lowest BCUT2D eigenvalue weighted by atomic mass is 10.2. The van der Waals surface area contributed by atoms with E-state index >= 15 is 0 Å². The Morgan fingerprint density at radius 2 is 1.85 bits per heavy atom. The molecule has 1 aliphatic heterocycles. The van der Waals surface area contributed by atoms with Gasteiger partial charge in [0.15, 0.2) is 0 Å². The fourth-order valence-electron chi connectivity index (χ4n) is 3.26. The van der Waals surface area contributed by atoms with Gasteiger partial charge in [-0.3, -0.25) is 4.79 Å². The average Bonchev–Trinajstić information content (AvgIpc) is 2.74. The Bertz CT molecular complexity index is 740. The van der Waals surface area contributed by atoms with E-state index in [-0.39, 0.29) is 5.91 Å². The van der Waals surface area contributed by atoms with Gasteiger partial charge in [-0.25, -0.2) is 4.98 Å². The van der Waals surface area contributed by atoms with Crippen LogP contribution >= 0.6 is 0 Å². The van der Waals surface area contributed by atoms with Gasteiger partial charge >= 0.3 is 0 Å². The monoisotopic (exact) mass is 368 g/mol. The number of hydrogen-bond donors (Lipinski definition) is 1. The number of unbranched alkanes of at least 4 members (excludes halogenated alkanes) is 1. The molecule has 27 heavy (non-hydrogen) atoms. The molecular weight excluding hydrogens is 340 g/mol. The van der Waals surface area contributed by atoms with Crippen LogP contribution in [0.1, 0.15) is 30.1 Å². The first-order chi connectivity index (χ1) is 13.2. The number of para-hydroxylation sites is 2. The smallest absolute Gasteiger partial charge is 0.252 e. The van der Waals surface area contributed by atoms with Gasteiger partial charge < -0.3 is 19.9 Å². The van der Waals surface area contributed by atoms with Gasteiger partial charge in [-0.2, -0.15) is 0 Å².